The SMILES string of the molecule is Cc1n[nH]c(C)c1C(=O)NC1(C)CCNC1. The number of hydrogen-bond donors (Lipinski definition) is 3. The summed E-state index contributed by atoms with van der Waals surface area (Å²) in [6, 6.07) is 0. The van der Waals surface area contributed by atoms with Crippen molar-refractivity contribution in [1.29, 1.82) is 0 Å². The summed E-state index contributed by atoms with van der Waals surface area (Å²) in [4.78, 5) is 12.1. The van der Waals surface area contributed by atoms with E-state index in [2.05, 4.69) is 27.8 Å². The molecular formula is C11H18N4O. The van der Waals surface area contributed by atoms with Gasteiger partial charge in [0.2, 0.25) is 0 Å². The fraction of sp³-hybridized carbons (Fsp3) is 0.636. The molecule has 1 aromatic heterocycles. The average Bonchev–Trinajstić information content (AvgIpc) is 2.74. The van der Waals surface area contributed by atoms with Crippen LogP contribution in [0.5, 0.6) is 0 Å². The van der Waals surface area contributed by atoms with Gasteiger partial charge in [0, 0.05) is 12.2 Å². The molecule has 1 atom stereocenters. The van der Waals surface area contributed by atoms with Crippen molar-refractivity contribution in [2.24, 2.45) is 0 Å². The Labute approximate surface area is 95.0 Å². The van der Waals surface area contributed by atoms with Crippen molar-refractivity contribution in [2.45, 2.75) is 32.7 Å². The summed E-state index contributed by atoms with van der Waals surface area (Å²) in [5.74, 6) is -0.0325. The lowest BCUT2D eigenvalue weighted by molar-refractivity contribution is 0.0912. The maximum absolute atomic E-state index is 12.1. The van der Waals surface area contributed by atoms with Gasteiger partial charge < -0.3 is 10.6 Å². The number of aryl methyl sites for hydroxylation is 2. The van der Waals surface area contributed by atoms with Crippen molar-refractivity contribution in [1.82, 2.24) is 20.8 Å². The predicted molar refractivity (Wildman–Crippen MR) is 61.4 cm³/mol. The van der Waals surface area contributed by atoms with Crippen LogP contribution in [0, 0.1) is 13.8 Å². The molecule has 0 spiro atoms. The highest BCUT2D eigenvalue weighted by molar-refractivity contribution is 5.96. The Kier molecular flexibility index (Phi) is 2.71. The quantitative estimate of drug-likeness (QED) is 0.683. The highest BCUT2D eigenvalue weighted by Crippen LogP contribution is 2.16. The third-order valence-electron chi connectivity index (χ3n) is 3.14. The lowest BCUT2D eigenvalue weighted by atomic mass is 10.0. The molecule has 2 heterocycles. The molecule has 0 bridgehead atoms. The van der Waals surface area contributed by atoms with Crippen molar-refractivity contribution in [3.63, 3.8) is 0 Å². The molecule has 3 N–H and O–H groups in total. The van der Waals surface area contributed by atoms with Crippen molar-refractivity contribution >= 4 is 5.91 Å². The monoisotopic (exact) mass is 222 g/mol. The Morgan fingerprint density at radius 3 is 2.75 bits per heavy atom. The molecule has 1 saturated heterocycles. The number of nitrogens with zero attached hydrogens (tertiary/aromatic N) is 1. The van der Waals surface area contributed by atoms with Crippen LogP contribution in [-0.2, 0) is 0 Å². The summed E-state index contributed by atoms with van der Waals surface area (Å²) >= 11 is 0. The van der Waals surface area contributed by atoms with Gasteiger partial charge in [-0.3, -0.25) is 9.89 Å². The Bertz CT molecular complexity index is 385. The number of H-pyrrole nitrogens is 1. The first kappa shape index (κ1) is 11.1. The summed E-state index contributed by atoms with van der Waals surface area (Å²) in [6.07, 6.45) is 0.967. The van der Waals surface area contributed by atoms with Gasteiger partial charge in [-0.25, -0.2) is 0 Å². The zero-order chi connectivity index (χ0) is 11.8. The number of nitrogens with one attached hydrogen (secondary N) is 3. The van der Waals surface area contributed by atoms with E-state index >= 15 is 0 Å². The van der Waals surface area contributed by atoms with Crippen LogP contribution in [-0.4, -0.2) is 34.7 Å². The molecule has 16 heavy (non-hydrogen) atoms. The number of hydrogen-bond acceptors (Lipinski definition) is 3. The molecule has 1 unspecified atom stereocenters. The molecule has 1 aliphatic rings. The van der Waals surface area contributed by atoms with E-state index in [1.807, 2.05) is 13.8 Å². The minimum absolute atomic E-state index is 0.0325. The Morgan fingerprint density at radius 1 is 1.50 bits per heavy atom. The zero-order valence-electron chi connectivity index (χ0n) is 9.98. The Morgan fingerprint density at radius 2 is 2.25 bits per heavy atom. The number of carbonyl (C=O) groups is 1. The molecule has 2 rings (SSSR count). The minimum atomic E-state index is -0.132. The van der Waals surface area contributed by atoms with Gasteiger partial charge in [0.15, 0.2) is 0 Å². The van der Waals surface area contributed by atoms with Crippen LogP contribution < -0.4 is 10.6 Å². The van der Waals surface area contributed by atoms with Crippen molar-refractivity contribution in [2.75, 3.05) is 13.1 Å². The second-order valence-electron chi connectivity index (χ2n) is 4.75. The van der Waals surface area contributed by atoms with E-state index in [0.29, 0.717) is 5.56 Å². The first-order chi connectivity index (χ1) is 7.52. The van der Waals surface area contributed by atoms with E-state index in [-0.39, 0.29) is 11.4 Å². The summed E-state index contributed by atoms with van der Waals surface area (Å²) in [5.41, 5.74) is 2.12. The van der Waals surface area contributed by atoms with E-state index in [1.165, 1.54) is 0 Å². The number of aromatic amines is 1. The molecule has 5 nitrogen and oxygen atoms in total. The van der Waals surface area contributed by atoms with Crippen LogP contribution in [0.15, 0.2) is 0 Å². The molecule has 0 aliphatic carbocycles. The number of rotatable bonds is 2. The van der Waals surface area contributed by atoms with Gasteiger partial charge in [0.1, 0.15) is 0 Å². The van der Waals surface area contributed by atoms with Gasteiger partial charge in [0.25, 0.3) is 5.91 Å². The zero-order valence-corrected chi connectivity index (χ0v) is 9.98. The molecule has 1 fully saturated rings. The predicted octanol–water partition coefficient (Wildman–Crippen LogP) is 0.508. The van der Waals surface area contributed by atoms with Gasteiger partial charge in [0.05, 0.1) is 16.8 Å². The highest BCUT2D eigenvalue weighted by Gasteiger charge is 2.31. The molecule has 1 aromatic rings. The van der Waals surface area contributed by atoms with Crippen LogP contribution in [0.1, 0.15) is 35.1 Å². The average molecular weight is 222 g/mol. The van der Waals surface area contributed by atoms with E-state index in [4.69, 9.17) is 0 Å². The smallest absolute Gasteiger partial charge is 0.255 e. The Balaban J connectivity index is 2.14. The lowest BCUT2D eigenvalue weighted by Gasteiger charge is -2.24. The van der Waals surface area contributed by atoms with Crippen LogP contribution in [0.4, 0.5) is 0 Å². The van der Waals surface area contributed by atoms with Gasteiger partial charge in [-0.2, -0.15) is 5.10 Å². The topological polar surface area (TPSA) is 69.8 Å². The number of carbonyl (C=O) groups excluding carboxylic acids is 1. The van der Waals surface area contributed by atoms with Gasteiger partial charge in [-0.1, -0.05) is 0 Å². The maximum Gasteiger partial charge on any atom is 0.255 e. The standard InChI is InChI=1S/C11H18N4O/c1-7-9(8(2)15-14-7)10(16)13-11(3)4-5-12-6-11/h12H,4-6H2,1-3H3,(H,13,16)(H,14,15). The van der Waals surface area contributed by atoms with Crippen LogP contribution >= 0.6 is 0 Å². The number of aromatic nitrogens is 2. The molecule has 1 aliphatic heterocycles. The lowest BCUT2D eigenvalue weighted by Crippen LogP contribution is -2.47. The molecule has 5 heteroatoms. The Hall–Kier alpha value is -1.36. The van der Waals surface area contributed by atoms with Crippen molar-refractivity contribution < 1.29 is 4.79 Å². The normalized spacial score (nSPS) is 24.7. The molecule has 0 radical (unpaired) electrons. The van der Waals surface area contributed by atoms with E-state index in [0.717, 1.165) is 30.9 Å². The van der Waals surface area contributed by atoms with Gasteiger partial charge in [-0.15, -0.1) is 0 Å². The molecule has 0 saturated carbocycles. The molecule has 0 aromatic carbocycles. The van der Waals surface area contributed by atoms with Crippen LogP contribution in [0.25, 0.3) is 0 Å². The first-order valence-corrected chi connectivity index (χ1v) is 5.57. The fourth-order valence-electron chi connectivity index (χ4n) is 2.15. The fourth-order valence-corrected chi connectivity index (χ4v) is 2.15. The van der Waals surface area contributed by atoms with Gasteiger partial charge in [-0.05, 0) is 33.7 Å². The summed E-state index contributed by atoms with van der Waals surface area (Å²) in [5, 5.41) is 13.2. The first-order valence-electron chi connectivity index (χ1n) is 5.57. The third-order valence-corrected chi connectivity index (χ3v) is 3.14. The molecule has 88 valence electrons. The highest BCUT2D eigenvalue weighted by atomic mass is 16.1. The van der Waals surface area contributed by atoms with E-state index < -0.39 is 0 Å². The largest absolute Gasteiger partial charge is 0.345 e. The van der Waals surface area contributed by atoms with Crippen LogP contribution in [0.3, 0.4) is 0 Å². The van der Waals surface area contributed by atoms with Gasteiger partial charge >= 0.3 is 0 Å². The second-order valence-corrected chi connectivity index (χ2v) is 4.75. The summed E-state index contributed by atoms with van der Waals surface area (Å²) in [6.45, 7) is 7.56. The van der Waals surface area contributed by atoms with Crippen LogP contribution in [0.2, 0.25) is 0 Å². The number of amides is 1. The third kappa shape index (κ3) is 1.95. The van der Waals surface area contributed by atoms with Crippen molar-refractivity contribution in [3.8, 4) is 0 Å². The second kappa shape index (κ2) is 3.90. The van der Waals surface area contributed by atoms with E-state index in [9.17, 15) is 4.79 Å². The summed E-state index contributed by atoms with van der Waals surface area (Å²) in [7, 11) is 0. The molecular weight excluding hydrogens is 204 g/mol. The minimum Gasteiger partial charge on any atom is -0.345 e. The molecule has 1 amide bonds. The maximum atomic E-state index is 12.1. The van der Waals surface area contributed by atoms with E-state index in [1.54, 1.807) is 0 Å². The summed E-state index contributed by atoms with van der Waals surface area (Å²) < 4.78 is 0. The van der Waals surface area contributed by atoms with Crippen molar-refractivity contribution in [3.05, 3.63) is 17.0 Å².